The standard InChI is InChI=1S/C25H17F6N3O4/c1-38-17-9-6-14(7-10-17)12-16(13-32)21(35)34-22(36)33-20-18-5-3-2-4-15(18)8-11-19(20)23(37,24(26,27)28)25(29,30)31/h2-12,37H,1H3,(H2,33,34,35,36)/b16-12+. The van der Waals surface area contributed by atoms with Crippen LogP contribution in [-0.2, 0) is 10.4 Å². The number of amides is 3. The van der Waals surface area contributed by atoms with E-state index in [0.29, 0.717) is 17.4 Å². The molecule has 7 nitrogen and oxygen atoms in total. The Balaban J connectivity index is 2.01. The maximum atomic E-state index is 13.6. The molecule has 0 aliphatic carbocycles. The molecule has 198 valence electrons. The Morgan fingerprint density at radius 1 is 0.947 bits per heavy atom. The maximum Gasteiger partial charge on any atom is 0.430 e. The van der Waals surface area contributed by atoms with Crippen molar-refractivity contribution in [3.05, 3.63) is 77.4 Å². The van der Waals surface area contributed by atoms with Gasteiger partial charge in [0, 0.05) is 10.9 Å². The number of alkyl halides is 6. The summed E-state index contributed by atoms with van der Waals surface area (Å²) in [6, 6.07) is 12.5. The number of halogens is 6. The molecule has 0 spiro atoms. The minimum atomic E-state index is -6.23. The number of hydrogen-bond donors (Lipinski definition) is 3. The third-order valence-electron chi connectivity index (χ3n) is 5.40. The molecule has 0 unspecified atom stereocenters. The van der Waals surface area contributed by atoms with Gasteiger partial charge < -0.3 is 15.2 Å². The number of hydrogen-bond acceptors (Lipinski definition) is 5. The number of methoxy groups -OCH3 is 1. The van der Waals surface area contributed by atoms with Crippen molar-refractivity contribution in [2.24, 2.45) is 0 Å². The lowest BCUT2D eigenvalue weighted by atomic mass is 9.88. The molecule has 3 rings (SSSR count). The van der Waals surface area contributed by atoms with E-state index in [4.69, 9.17) is 4.74 Å². The Hall–Kier alpha value is -4.57. The Morgan fingerprint density at radius 3 is 2.11 bits per heavy atom. The van der Waals surface area contributed by atoms with Gasteiger partial charge in [-0.05, 0) is 29.2 Å². The molecule has 3 aromatic carbocycles. The van der Waals surface area contributed by atoms with E-state index in [1.165, 1.54) is 49.6 Å². The molecule has 13 heteroatoms. The van der Waals surface area contributed by atoms with E-state index >= 15 is 0 Å². The Morgan fingerprint density at radius 2 is 1.55 bits per heavy atom. The molecule has 0 aromatic heterocycles. The first kappa shape index (κ1) is 28.0. The number of imide groups is 1. The molecule has 3 aromatic rings. The molecule has 0 atom stereocenters. The first-order valence-electron chi connectivity index (χ1n) is 10.5. The number of nitrogens with zero attached hydrogens (tertiary/aromatic N) is 1. The average molecular weight is 537 g/mol. The van der Waals surface area contributed by atoms with Crippen LogP contribution in [0.5, 0.6) is 5.75 Å². The number of carbonyl (C=O) groups excluding carboxylic acids is 2. The van der Waals surface area contributed by atoms with Gasteiger partial charge in [0.2, 0.25) is 0 Å². The second-order valence-electron chi connectivity index (χ2n) is 7.77. The van der Waals surface area contributed by atoms with Gasteiger partial charge in [0.15, 0.2) is 0 Å². The zero-order valence-corrected chi connectivity index (χ0v) is 19.2. The molecule has 0 aliphatic rings. The molecule has 3 N–H and O–H groups in total. The third-order valence-corrected chi connectivity index (χ3v) is 5.40. The van der Waals surface area contributed by atoms with Crippen LogP contribution >= 0.6 is 0 Å². The van der Waals surface area contributed by atoms with Crippen molar-refractivity contribution in [3.63, 3.8) is 0 Å². The van der Waals surface area contributed by atoms with Gasteiger partial charge in [-0.25, -0.2) is 4.79 Å². The molecular weight excluding hydrogens is 520 g/mol. The predicted molar refractivity (Wildman–Crippen MR) is 124 cm³/mol. The number of anilines is 1. The predicted octanol–water partition coefficient (Wildman–Crippen LogP) is 5.42. The van der Waals surface area contributed by atoms with Crippen LogP contribution < -0.4 is 15.4 Å². The highest BCUT2D eigenvalue weighted by Crippen LogP contribution is 2.52. The molecule has 0 saturated heterocycles. The molecular formula is C25H17F6N3O4. The number of nitrogens with one attached hydrogen (secondary N) is 2. The average Bonchev–Trinajstić information content (AvgIpc) is 2.85. The van der Waals surface area contributed by atoms with Crippen molar-refractivity contribution in [2.45, 2.75) is 18.0 Å². The van der Waals surface area contributed by atoms with Crippen molar-refractivity contribution in [1.29, 1.82) is 5.26 Å². The summed E-state index contributed by atoms with van der Waals surface area (Å²) in [5.41, 5.74) is -8.35. The molecule has 38 heavy (non-hydrogen) atoms. The monoisotopic (exact) mass is 537 g/mol. The SMILES string of the molecule is COc1ccc(/C=C(\C#N)C(=O)NC(=O)Nc2c(C(O)(C(F)(F)F)C(F)(F)F)ccc3ccccc23)cc1. The van der Waals surface area contributed by atoms with Crippen molar-refractivity contribution in [1.82, 2.24) is 5.32 Å². The van der Waals surface area contributed by atoms with Gasteiger partial charge in [0.1, 0.15) is 17.4 Å². The van der Waals surface area contributed by atoms with Gasteiger partial charge in [-0.1, -0.05) is 48.5 Å². The minimum absolute atomic E-state index is 0.127. The summed E-state index contributed by atoms with van der Waals surface area (Å²) in [5, 5.41) is 22.6. The van der Waals surface area contributed by atoms with Crippen molar-refractivity contribution < 1.29 is 45.8 Å². The molecule has 0 fully saturated rings. The lowest BCUT2D eigenvalue weighted by molar-refractivity contribution is -0.375. The summed E-state index contributed by atoms with van der Waals surface area (Å²) < 4.78 is 86.7. The summed E-state index contributed by atoms with van der Waals surface area (Å²) in [6.07, 6.45) is -11.4. The van der Waals surface area contributed by atoms with Crippen molar-refractivity contribution in [3.8, 4) is 11.8 Å². The van der Waals surface area contributed by atoms with Gasteiger partial charge in [-0.15, -0.1) is 0 Å². The number of rotatable bonds is 5. The van der Waals surface area contributed by atoms with Crippen LogP contribution in [0.15, 0.2) is 66.2 Å². The number of nitriles is 1. The minimum Gasteiger partial charge on any atom is -0.497 e. The molecule has 0 bridgehead atoms. The smallest absolute Gasteiger partial charge is 0.430 e. The first-order chi connectivity index (χ1) is 17.7. The van der Waals surface area contributed by atoms with Crippen molar-refractivity contribution >= 4 is 34.5 Å². The van der Waals surface area contributed by atoms with Gasteiger partial charge in [0.25, 0.3) is 11.5 Å². The Bertz CT molecular complexity index is 1430. The highest BCUT2D eigenvalue weighted by molar-refractivity contribution is 6.13. The second-order valence-corrected chi connectivity index (χ2v) is 7.77. The summed E-state index contributed by atoms with van der Waals surface area (Å²) in [6.45, 7) is 0. The van der Waals surface area contributed by atoms with E-state index in [9.17, 15) is 46.3 Å². The molecule has 0 radical (unpaired) electrons. The van der Waals surface area contributed by atoms with Crippen LogP contribution in [0.1, 0.15) is 11.1 Å². The zero-order valence-electron chi connectivity index (χ0n) is 19.2. The lowest BCUT2D eigenvalue weighted by Gasteiger charge is -2.34. The number of ether oxygens (including phenoxy) is 1. The lowest BCUT2D eigenvalue weighted by Crippen LogP contribution is -2.54. The summed E-state index contributed by atoms with van der Waals surface area (Å²) in [5.74, 6) is -0.808. The van der Waals surface area contributed by atoms with E-state index in [1.54, 1.807) is 11.4 Å². The van der Waals surface area contributed by atoms with Gasteiger partial charge in [-0.3, -0.25) is 10.1 Å². The van der Waals surface area contributed by atoms with Gasteiger partial charge in [0.05, 0.1) is 12.8 Å². The quantitative estimate of drug-likeness (QED) is 0.229. The van der Waals surface area contributed by atoms with Crippen LogP contribution in [0.4, 0.5) is 36.8 Å². The molecule has 3 amide bonds. The normalized spacial score (nSPS) is 12.6. The molecule has 0 heterocycles. The number of fused-ring (bicyclic) bond motifs is 1. The fourth-order valence-electron chi connectivity index (χ4n) is 3.50. The van der Waals surface area contributed by atoms with Crippen molar-refractivity contribution in [2.75, 3.05) is 12.4 Å². The second kappa shape index (κ2) is 10.4. The Kier molecular flexibility index (Phi) is 7.69. The van der Waals surface area contributed by atoms with Gasteiger partial charge in [-0.2, -0.15) is 31.6 Å². The highest BCUT2D eigenvalue weighted by atomic mass is 19.4. The number of benzene rings is 3. The largest absolute Gasteiger partial charge is 0.497 e. The number of urea groups is 1. The fourth-order valence-corrected chi connectivity index (χ4v) is 3.50. The zero-order chi connectivity index (χ0) is 28.3. The van der Waals surface area contributed by atoms with Crippen LogP contribution in [0.3, 0.4) is 0 Å². The first-order valence-corrected chi connectivity index (χ1v) is 10.5. The number of aliphatic hydroxyl groups is 1. The third kappa shape index (κ3) is 5.40. The van der Waals surface area contributed by atoms with E-state index in [2.05, 4.69) is 0 Å². The summed E-state index contributed by atoms with van der Waals surface area (Å²) in [4.78, 5) is 25.0. The number of carbonyl (C=O) groups is 2. The van der Waals surface area contributed by atoms with Gasteiger partial charge >= 0.3 is 18.4 Å². The summed E-state index contributed by atoms with van der Waals surface area (Å²) in [7, 11) is 1.42. The van der Waals surface area contributed by atoms with Crippen LogP contribution in [0.2, 0.25) is 0 Å². The van der Waals surface area contributed by atoms with Crippen LogP contribution in [0, 0.1) is 11.3 Å². The van der Waals surface area contributed by atoms with Crippen LogP contribution in [0.25, 0.3) is 16.8 Å². The highest BCUT2D eigenvalue weighted by Gasteiger charge is 2.72. The van der Waals surface area contributed by atoms with Crippen LogP contribution in [-0.4, -0.2) is 36.5 Å². The summed E-state index contributed by atoms with van der Waals surface area (Å²) >= 11 is 0. The van der Waals surface area contributed by atoms with E-state index in [1.807, 2.05) is 5.32 Å². The van der Waals surface area contributed by atoms with E-state index < -0.39 is 46.7 Å². The Labute approximate surface area is 210 Å². The molecule has 0 aliphatic heterocycles. The topological polar surface area (TPSA) is 111 Å². The van der Waals surface area contributed by atoms with E-state index in [-0.39, 0.29) is 10.8 Å². The molecule has 0 saturated carbocycles. The maximum absolute atomic E-state index is 13.6. The van der Waals surface area contributed by atoms with E-state index in [0.717, 1.165) is 18.2 Å². The fraction of sp³-hybridized carbons (Fsp3) is 0.160.